The van der Waals surface area contributed by atoms with Crippen LogP contribution in [0.2, 0.25) is 0 Å². The number of hydrogen-bond donors (Lipinski definition) is 2. The maximum absolute atomic E-state index is 12.0. The number of carbonyl (C=O) groups is 1. The Morgan fingerprint density at radius 1 is 1.28 bits per heavy atom. The van der Waals surface area contributed by atoms with Gasteiger partial charge in [-0.05, 0) is 13.8 Å². The van der Waals surface area contributed by atoms with Crippen LogP contribution < -0.4 is 11.0 Å². The second-order valence-corrected chi connectivity index (χ2v) is 4.67. The van der Waals surface area contributed by atoms with Crippen LogP contribution >= 0.6 is 0 Å². The van der Waals surface area contributed by atoms with Gasteiger partial charge in [-0.25, -0.2) is 4.79 Å². The van der Waals surface area contributed by atoms with E-state index in [4.69, 9.17) is 0 Å². The molecule has 2 N–H and O–H groups in total. The highest BCUT2D eigenvalue weighted by Gasteiger charge is 2.16. The van der Waals surface area contributed by atoms with Crippen LogP contribution in [0.4, 0.5) is 0 Å². The van der Waals surface area contributed by atoms with Crippen LogP contribution in [-0.4, -0.2) is 46.5 Å². The highest BCUT2D eigenvalue weighted by Crippen LogP contribution is 2.03. The summed E-state index contributed by atoms with van der Waals surface area (Å²) in [6.07, 6.45) is 0.387. The first-order chi connectivity index (χ1) is 8.59. The molecule has 1 fully saturated rings. The third-order valence-electron chi connectivity index (χ3n) is 3.51. The molecule has 6 nitrogen and oxygen atoms in total. The SMILES string of the molecule is Cc1[nH]c(=O)n(CCC(=O)N2CCNCC2)c1C. The summed E-state index contributed by atoms with van der Waals surface area (Å²) >= 11 is 0. The number of aryl methyl sites for hydroxylation is 1. The monoisotopic (exact) mass is 252 g/mol. The van der Waals surface area contributed by atoms with Gasteiger partial charge < -0.3 is 15.2 Å². The maximum Gasteiger partial charge on any atom is 0.325 e. The standard InChI is InChI=1S/C12H20N4O2/c1-9-10(2)16(12(18)14-9)6-3-11(17)15-7-4-13-5-8-15/h13H,3-8H2,1-2H3,(H,14,18). The van der Waals surface area contributed by atoms with Crippen molar-refractivity contribution in [2.45, 2.75) is 26.8 Å². The Labute approximate surface area is 106 Å². The molecule has 1 aromatic heterocycles. The molecule has 2 rings (SSSR count). The van der Waals surface area contributed by atoms with Crippen LogP contribution in [0.3, 0.4) is 0 Å². The van der Waals surface area contributed by atoms with E-state index in [1.807, 2.05) is 18.7 Å². The summed E-state index contributed by atoms with van der Waals surface area (Å²) < 4.78 is 1.63. The summed E-state index contributed by atoms with van der Waals surface area (Å²) in [5.41, 5.74) is 1.65. The van der Waals surface area contributed by atoms with Crippen molar-refractivity contribution in [1.29, 1.82) is 0 Å². The van der Waals surface area contributed by atoms with Gasteiger partial charge in [0, 0.05) is 50.5 Å². The first-order valence-electron chi connectivity index (χ1n) is 6.34. The normalized spacial score (nSPS) is 16.0. The van der Waals surface area contributed by atoms with Gasteiger partial charge in [-0.2, -0.15) is 0 Å². The van der Waals surface area contributed by atoms with Crippen molar-refractivity contribution in [3.8, 4) is 0 Å². The highest BCUT2D eigenvalue weighted by atomic mass is 16.2. The van der Waals surface area contributed by atoms with Crippen LogP contribution in [0, 0.1) is 13.8 Å². The van der Waals surface area contributed by atoms with Crippen LogP contribution in [0.5, 0.6) is 0 Å². The number of aromatic amines is 1. The molecule has 1 saturated heterocycles. The Hall–Kier alpha value is -1.56. The molecule has 0 saturated carbocycles. The van der Waals surface area contributed by atoms with Gasteiger partial charge in [-0.1, -0.05) is 0 Å². The van der Waals surface area contributed by atoms with Crippen LogP contribution in [-0.2, 0) is 11.3 Å². The van der Waals surface area contributed by atoms with Gasteiger partial charge in [0.15, 0.2) is 0 Å². The number of carbonyl (C=O) groups excluding carboxylic acids is 1. The average Bonchev–Trinajstić information content (AvgIpc) is 2.62. The van der Waals surface area contributed by atoms with Gasteiger partial charge in [0.2, 0.25) is 5.91 Å². The van der Waals surface area contributed by atoms with Crippen molar-refractivity contribution in [2.75, 3.05) is 26.2 Å². The Bertz CT molecular complexity index is 483. The summed E-state index contributed by atoms with van der Waals surface area (Å²) in [5.74, 6) is 0.127. The minimum Gasteiger partial charge on any atom is -0.340 e. The third-order valence-corrected chi connectivity index (χ3v) is 3.51. The number of amides is 1. The number of nitrogens with zero attached hydrogens (tertiary/aromatic N) is 2. The molecule has 2 heterocycles. The smallest absolute Gasteiger partial charge is 0.325 e. The number of piperazine rings is 1. The minimum atomic E-state index is -0.127. The largest absolute Gasteiger partial charge is 0.340 e. The van der Waals surface area contributed by atoms with Gasteiger partial charge in [-0.15, -0.1) is 0 Å². The van der Waals surface area contributed by atoms with Crippen molar-refractivity contribution < 1.29 is 4.79 Å². The van der Waals surface area contributed by atoms with E-state index in [0.717, 1.165) is 37.6 Å². The van der Waals surface area contributed by atoms with Gasteiger partial charge in [0.1, 0.15) is 0 Å². The summed E-state index contributed by atoms with van der Waals surface area (Å²) in [6.45, 7) is 7.45. The molecule has 6 heteroatoms. The molecule has 0 spiro atoms. The van der Waals surface area contributed by atoms with Gasteiger partial charge in [0.25, 0.3) is 0 Å². The van der Waals surface area contributed by atoms with E-state index in [-0.39, 0.29) is 11.6 Å². The van der Waals surface area contributed by atoms with E-state index >= 15 is 0 Å². The zero-order chi connectivity index (χ0) is 13.1. The predicted octanol–water partition coefficient (Wildman–Crippen LogP) is -0.385. The second-order valence-electron chi connectivity index (χ2n) is 4.67. The van der Waals surface area contributed by atoms with E-state index in [0.29, 0.717) is 13.0 Å². The van der Waals surface area contributed by atoms with Crippen molar-refractivity contribution >= 4 is 5.91 Å². The molecule has 0 aliphatic carbocycles. The Morgan fingerprint density at radius 3 is 2.50 bits per heavy atom. The fourth-order valence-electron chi connectivity index (χ4n) is 2.22. The van der Waals surface area contributed by atoms with Gasteiger partial charge >= 0.3 is 5.69 Å². The molecule has 100 valence electrons. The molecule has 0 bridgehead atoms. The van der Waals surface area contributed by atoms with Crippen molar-refractivity contribution in [1.82, 2.24) is 19.8 Å². The third kappa shape index (κ3) is 2.64. The lowest BCUT2D eigenvalue weighted by molar-refractivity contribution is -0.132. The topological polar surface area (TPSA) is 70.1 Å². The quantitative estimate of drug-likeness (QED) is 0.770. The fourth-order valence-corrected chi connectivity index (χ4v) is 2.22. The van der Waals surface area contributed by atoms with Crippen molar-refractivity contribution in [3.05, 3.63) is 21.9 Å². The van der Waals surface area contributed by atoms with Gasteiger partial charge in [-0.3, -0.25) is 9.36 Å². The van der Waals surface area contributed by atoms with E-state index in [2.05, 4.69) is 10.3 Å². The van der Waals surface area contributed by atoms with E-state index < -0.39 is 0 Å². The molecule has 18 heavy (non-hydrogen) atoms. The van der Waals surface area contributed by atoms with Crippen LogP contribution in [0.25, 0.3) is 0 Å². The zero-order valence-corrected chi connectivity index (χ0v) is 11.0. The number of imidazole rings is 1. The molecule has 1 aromatic rings. The molecular formula is C12H20N4O2. The number of rotatable bonds is 3. The maximum atomic E-state index is 12.0. The Kier molecular flexibility index (Phi) is 3.86. The lowest BCUT2D eigenvalue weighted by atomic mass is 10.3. The molecular weight excluding hydrogens is 232 g/mol. The number of H-pyrrole nitrogens is 1. The van der Waals surface area contributed by atoms with Crippen molar-refractivity contribution in [2.24, 2.45) is 0 Å². The molecule has 1 aliphatic heterocycles. The average molecular weight is 252 g/mol. The van der Waals surface area contributed by atoms with E-state index in [1.54, 1.807) is 4.57 Å². The summed E-state index contributed by atoms with van der Waals surface area (Å²) in [5, 5.41) is 3.21. The molecule has 0 unspecified atom stereocenters. The molecule has 0 radical (unpaired) electrons. The Morgan fingerprint density at radius 2 is 1.94 bits per heavy atom. The van der Waals surface area contributed by atoms with Gasteiger partial charge in [0.05, 0.1) is 0 Å². The molecule has 1 aliphatic rings. The lowest BCUT2D eigenvalue weighted by Gasteiger charge is -2.27. The highest BCUT2D eigenvalue weighted by molar-refractivity contribution is 5.76. The predicted molar refractivity (Wildman–Crippen MR) is 68.6 cm³/mol. The van der Waals surface area contributed by atoms with E-state index in [9.17, 15) is 9.59 Å². The lowest BCUT2D eigenvalue weighted by Crippen LogP contribution is -2.46. The minimum absolute atomic E-state index is 0.127. The first kappa shape index (κ1) is 12.9. The first-order valence-corrected chi connectivity index (χ1v) is 6.34. The van der Waals surface area contributed by atoms with Crippen LogP contribution in [0.15, 0.2) is 4.79 Å². The summed E-state index contributed by atoms with van der Waals surface area (Å²) in [7, 11) is 0. The number of hydrogen-bond acceptors (Lipinski definition) is 3. The number of nitrogens with one attached hydrogen (secondary N) is 2. The van der Waals surface area contributed by atoms with Crippen LogP contribution in [0.1, 0.15) is 17.8 Å². The van der Waals surface area contributed by atoms with E-state index in [1.165, 1.54) is 0 Å². The summed E-state index contributed by atoms with van der Waals surface area (Å²) in [6, 6.07) is 0. The zero-order valence-electron chi connectivity index (χ0n) is 11.0. The van der Waals surface area contributed by atoms with Crippen molar-refractivity contribution in [3.63, 3.8) is 0 Å². The Balaban J connectivity index is 1.94. The second kappa shape index (κ2) is 5.39. The molecule has 0 aromatic carbocycles. The molecule has 0 atom stereocenters. The molecule has 1 amide bonds. The number of aromatic nitrogens is 2. The summed E-state index contributed by atoms with van der Waals surface area (Å²) in [4.78, 5) is 28.2. The fraction of sp³-hybridized carbons (Fsp3) is 0.667.